The van der Waals surface area contributed by atoms with Crippen molar-refractivity contribution in [1.82, 2.24) is 10.2 Å². The number of nitrogens with zero attached hydrogens (tertiary/aromatic N) is 1. The van der Waals surface area contributed by atoms with E-state index in [1.165, 1.54) is 6.42 Å². The third-order valence-corrected chi connectivity index (χ3v) is 9.46. The Morgan fingerprint density at radius 1 is 1.10 bits per heavy atom. The van der Waals surface area contributed by atoms with Gasteiger partial charge in [-0.2, -0.15) is 0 Å². The van der Waals surface area contributed by atoms with Crippen LogP contribution in [0.15, 0.2) is 60.7 Å². The number of halogens is 1. The van der Waals surface area contributed by atoms with Gasteiger partial charge in [-0.15, -0.1) is 0 Å². The van der Waals surface area contributed by atoms with Gasteiger partial charge in [-0.25, -0.2) is 0 Å². The van der Waals surface area contributed by atoms with Crippen molar-refractivity contribution < 1.29 is 19.1 Å². The number of likely N-dealkylation sites (tertiary alicyclic amines) is 1. The highest BCUT2D eigenvalue weighted by atomic mass is 35.5. The fourth-order valence-corrected chi connectivity index (χ4v) is 7.28. The Labute approximate surface area is 240 Å². The molecule has 0 unspecified atom stereocenters. The van der Waals surface area contributed by atoms with Crippen LogP contribution in [0.1, 0.15) is 43.7 Å². The second kappa shape index (κ2) is 10.7. The molecule has 210 valence electrons. The first kappa shape index (κ1) is 27.0. The van der Waals surface area contributed by atoms with Crippen molar-refractivity contribution >= 4 is 35.0 Å². The standard InChI is InChI=1S/C32H36ClN3O4/c1-19-6-5-8-23(18-19)34-29(37)26-25-14-16-32(40-25)27(26)31(39)36(17-15-21-10-12-22(33)13-11-21)28(32)30(38)35-24-9-4-3-7-20(24)2/h5-6,8,10-14,16,18,20,24-28H,3-4,7,9,15,17H2,1-2H3,(H,34,37)(H,35,38)/t20-,24+,25+,26-,27+,28+,32+/m1/s1. The molecule has 3 heterocycles. The summed E-state index contributed by atoms with van der Waals surface area (Å²) < 4.78 is 6.48. The van der Waals surface area contributed by atoms with Gasteiger partial charge >= 0.3 is 0 Å². The lowest BCUT2D eigenvalue weighted by atomic mass is 9.74. The number of benzene rings is 2. The number of carbonyl (C=O) groups excluding carboxylic acids is 3. The first-order chi connectivity index (χ1) is 19.3. The fourth-order valence-electron chi connectivity index (χ4n) is 7.15. The number of anilines is 1. The Morgan fingerprint density at radius 2 is 1.88 bits per heavy atom. The van der Waals surface area contributed by atoms with Crippen molar-refractivity contribution in [2.75, 3.05) is 11.9 Å². The predicted molar refractivity (Wildman–Crippen MR) is 154 cm³/mol. The summed E-state index contributed by atoms with van der Waals surface area (Å²) in [5.41, 5.74) is 1.55. The number of aryl methyl sites for hydroxylation is 1. The van der Waals surface area contributed by atoms with Crippen LogP contribution < -0.4 is 10.6 Å². The second-order valence-electron chi connectivity index (χ2n) is 11.8. The summed E-state index contributed by atoms with van der Waals surface area (Å²) in [5.74, 6) is -1.79. The molecule has 8 heteroatoms. The Kier molecular flexibility index (Phi) is 7.21. The van der Waals surface area contributed by atoms with Gasteiger partial charge in [0.25, 0.3) is 0 Å². The molecule has 0 aromatic heterocycles. The van der Waals surface area contributed by atoms with Gasteiger partial charge in [0, 0.05) is 23.3 Å². The van der Waals surface area contributed by atoms with Crippen LogP contribution in [0.3, 0.4) is 0 Å². The van der Waals surface area contributed by atoms with Crippen LogP contribution in [0.5, 0.6) is 0 Å². The first-order valence-corrected chi connectivity index (χ1v) is 14.7. The molecule has 1 spiro atoms. The minimum atomic E-state index is -1.17. The van der Waals surface area contributed by atoms with Crippen LogP contribution in [0.2, 0.25) is 5.02 Å². The number of hydrogen-bond donors (Lipinski definition) is 2. The molecule has 2 bridgehead atoms. The van der Waals surface area contributed by atoms with Crippen LogP contribution >= 0.6 is 11.6 Å². The van der Waals surface area contributed by atoms with Crippen LogP contribution in [-0.4, -0.2) is 53.0 Å². The zero-order chi connectivity index (χ0) is 28.0. The van der Waals surface area contributed by atoms with Crippen molar-refractivity contribution in [3.8, 4) is 0 Å². The third-order valence-electron chi connectivity index (χ3n) is 9.20. The van der Waals surface area contributed by atoms with E-state index in [1.54, 1.807) is 4.90 Å². The van der Waals surface area contributed by atoms with E-state index in [0.29, 0.717) is 29.6 Å². The van der Waals surface area contributed by atoms with Gasteiger partial charge in [0.2, 0.25) is 17.7 Å². The maximum Gasteiger partial charge on any atom is 0.246 e. The van der Waals surface area contributed by atoms with Crippen LogP contribution in [0.4, 0.5) is 5.69 Å². The highest BCUT2D eigenvalue weighted by molar-refractivity contribution is 6.30. The lowest BCUT2D eigenvalue weighted by Crippen LogP contribution is -2.57. The Balaban J connectivity index is 1.30. The number of ether oxygens (including phenoxy) is 1. The maximum absolute atomic E-state index is 14.2. The molecule has 3 fully saturated rings. The number of amides is 3. The van der Waals surface area contributed by atoms with Gasteiger partial charge in [0.15, 0.2) is 0 Å². The van der Waals surface area contributed by atoms with E-state index in [9.17, 15) is 14.4 Å². The predicted octanol–water partition coefficient (Wildman–Crippen LogP) is 4.68. The van der Waals surface area contributed by atoms with Crippen molar-refractivity contribution in [1.29, 1.82) is 0 Å². The molecule has 7 atom stereocenters. The maximum atomic E-state index is 14.2. The quantitative estimate of drug-likeness (QED) is 0.481. The van der Waals surface area contributed by atoms with E-state index in [1.807, 2.05) is 67.6 Å². The molecule has 3 aliphatic heterocycles. The Hall–Kier alpha value is -3.16. The first-order valence-electron chi connectivity index (χ1n) is 14.4. The highest BCUT2D eigenvalue weighted by Gasteiger charge is 2.72. The van der Waals surface area contributed by atoms with E-state index < -0.39 is 29.6 Å². The minimum Gasteiger partial charge on any atom is -0.359 e. The molecule has 6 rings (SSSR count). The molecule has 2 aromatic carbocycles. The summed E-state index contributed by atoms with van der Waals surface area (Å²) >= 11 is 6.07. The second-order valence-corrected chi connectivity index (χ2v) is 12.3. The average molecular weight is 562 g/mol. The summed E-state index contributed by atoms with van der Waals surface area (Å²) in [7, 11) is 0. The molecule has 4 aliphatic rings. The molecule has 2 N–H and O–H groups in total. The van der Waals surface area contributed by atoms with Crippen molar-refractivity contribution in [2.45, 2.75) is 69.7 Å². The lowest BCUT2D eigenvalue weighted by molar-refractivity contribution is -0.141. The average Bonchev–Trinajstić information content (AvgIpc) is 3.57. The Morgan fingerprint density at radius 3 is 2.62 bits per heavy atom. The molecule has 1 aliphatic carbocycles. The minimum absolute atomic E-state index is 0.0629. The summed E-state index contributed by atoms with van der Waals surface area (Å²) in [5, 5.41) is 6.92. The summed E-state index contributed by atoms with van der Waals surface area (Å²) in [6, 6.07) is 14.3. The zero-order valence-electron chi connectivity index (χ0n) is 22.9. The number of rotatable bonds is 7. The van der Waals surface area contributed by atoms with Crippen molar-refractivity contribution in [2.24, 2.45) is 17.8 Å². The van der Waals surface area contributed by atoms with Gasteiger partial charge in [-0.1, -0.05) is 67.8 Å². The van der Waals surface area contributed by atoms with E-state index in [0.717, 1.165) is 30.4 Å². The molecule has 3 amide bonds. The van der Waals surface area contributed by atoms with E-state index >= 15 is 0 Å². The number of hydrogen-bond acceptors (Lipinski definition) is 4. The van der Waals surface area contributed by atoms with E-state index in [-0.39, 0.29) is 23.8 Å². The zero-order valence-corrected chi connectivity index (χ0v) is 23.7. The van der Waals surface area contributed by atoms with E-state index in [2.05, 4.69) is 17.6 Å². The molecular formula is C32H36ClN3O4. The monoisotopic (exact) mass is 561 g/mol. The summed E-state index contributed by atoms with van der Waals surface area (Å²) in [4.78, 5) is 43.5. The fraction of sp³-hybridized carbons (Fsp3) is 0.469. The van der Waals surface area contributed by atoms with Gasteiger partial charge in [0.1, 0.15) is 11.6 Å². The molecule has 7 nitrogen and oxygen atoms in total. The summed E-state index contributed by atoms with van der Waals surface area (Å²) in [6.07, 6.45) is 7.97. The van der Waals surface area contributed by atoms with Crippen LogP contribution in [0.25, 0.3) is 0 Å². The van der Waals surface area contributed by atoms with Gasteiger partial charge < -0.3 is 20.3 Å². The van der Waals surface area contributed by atoms with Crippen LogP contribution in [-0.2, 0) is 25.5 Å². The van der Waals surface area contributed by atoms with Crippen LogP contribution in [0, 0.1) is 24.7 Å². The lowest BCUT2D eigenvalue weighted by Gasteiger charge is -2.36. The van der Waals surface area contributed by atoms with Crippen molar-refractivity contribution in [3.05, 3.63) is 76.8 Å². The molecule has 0 radical (unpaired) electrons. The number of carbonyl (C=O) groups is 3. The molecule has 2 aromatic rings. The SMILES string of the molecule is Cc1cccc(NC(=O)[C@@H]2[C@@H]3C=C[C@]4(O3)[C@@H]2C(=O)N(CCc2ccc(Cl)cc2)[C@H]4C(=O)N[C@H]2CCCC[C@H]2C)c1. The number of nitrogens with one attached hydrogen (secondary N) is 2. The van der Waals surface area contributed by atoms with Crippen molar-refractivity contribution in [3.63, 3.8) is 0 Å². The highest BCUT2D eigenvalue weighted by Crippen LogP contribution is 2.55. The van der Waals surface area contributed by atoms with E-state index in [4.69, 9.17) is 16.3 Å². The molecule has 2 saturated heterocycles. The Bertz CT molecular complexity index is 1340. The largest absolute Gasteiger partial charge is 0.359 e. The molecule has 1 saturated carbocycles. The van der Waals surface area contributed by atoms with Gasteiger partial charge in [0.05, 0.1) is 17.9 Å². The molecular weight excluding hydrogens is 526 g/mol. The van der Waals surface area contributed by atoms with Gasteiger partial charge in [-0.3, -0.25) is 14.4 Å². The summed E-state index contributed by atoms with van der Waals surface area (Å²) in [6.45, 7) is 4.47. The molecule has 40 heavy (non-hydrogen) atoms. The normalized spacial score (nSPS) is 32.3. The third kappa shape index (κ3) is 4.73. The smallest absolute Gasteiger partial charge is 0.246 e. The topological polar surface area (TPSA) is 87.7 Å². The van der Waals surface area contributed by atoms with Gasteiger partial charge in [-0.05, 0) is 67.5 Å². The number of fused-ring (bicyclic) bond motifs is 1.